The van der Waals surface area contributed by atoms with Crippen LogP contribution >= 0.6 is 0 Å². The SMILES string of the molecule is CCOC1CCC([NH3+])(C(=O)OC)CC1. The third kappa shape index (κ3) is 2.45. The zero-order valence-corrected chi connectivity index (χ0v) is 9.04. The van der Waals surface area contributed by atoms with Gasteiger partial charge in [-0.1, -0.05) is 0 Å². The molecule has 3 N–H and O–H groups in total. The zero-order chi connectivity index (χ0) is 10.6. The quantitative estimate of drug-likeness (QED) is 0.661. The molecule has 14 heavy (non-hydrogen) atoms. The smallest absolute Gasteiger partial charge is 0.367 e. The maximum atomic E-state index is 11.4. The van der Waals surface area contributed by atoms with E-state index in [0.29, 0.717) is 6.10 Å². The highest BCUT2D eigenvalue weighted by Crippen LogP contribution is 2.27. The van der Waals surface area contributed by atoms with Gasteiger partial charge in [-0.05, 0) is 19.8 Å². The van der Waals surface area contributed by atoms with Crippen LogP contribution in [0.5, 0.6) is 0 Å². The Morgan fingerprint density at radius 3 is 2.50 bits per heavy atom. The topological polar surface area (TPSA) is 63.2 Å². The van der Waals surface area contributed by atoms with Crippen LogP contribution < -0.4 is 5.73 Å². The largest absolute Gasteiger partial charge is 0.464 e. The van der Waals surface area contributed by atoms with Gasteiger partial charge < -0.3 is 15.2 Å². The first-order chi connectivity index (χ1) is 6.62. The summed E-state index contributed by atoms with van der Waals surface area (Å²) < 4.78 is 10.3. The fourth-order valence-electron chi connectivity index (χ4n) is 1.97. The molecule has 4 heteroatoms. The zero-order valence-electron chi connectivity index (χ0n) is 9.04. The molecule has 1 rings (SSSR count). The molecule has 1 saturated carbocycles. The molecule has 0 amide bonds. The van der Waals surface area contributed by atoms with Gasteiger partial charge in [0.25, 0.3) is 0 Å². The molecule has 0 aliphatic heterocycles. The second kappa shape index (κ2) is 4.75. The Hall–Kier alpha value is -0.610. The molecule has 1 aliphatic rings. The number of esters is 1. The molecule has 1 fully saturated rings. The van der Waals surface area contributed by atoms with Crippen LogP contribution in [0.25, 0.3) is 0 Å². The fraction of sp³-hybridized carbons (Fsp3) is 0.900. The van der Waals surface area contributed by atoms with Gasteiger partial charge in [-0.2, -0.15) is 0 Å². The van der Waals surface area contributed by atoms with E-state index in [1.54, 1.807) is 0 Å². The lowest BCUT2D eigenvalue weighted by atomic mass is 9.81. The van der Waals surface area contributed by atoms with Crippen molar-refractivity contribution < 1.29 is 20.0 Å². The molecular weight excluding hydrogens is 182 g/mol. The number of hydrogen-bond acceptors (Lipinski definition) is 3. The fourth-order valence-corrected chi connectivity index (χ4v) is 1.97. The Balaban J connectivity index is 2.44. The van der Waals surface area contributed by atoms with Crippen LogP contribution in [0.2, 0.25) is 0 Å². The van der Waals surface area contributed by atoms with E-state index in [1.165, 1.54) is 7.11 Å². The minimum atomic E-state index is -0.525. The van der Waals surface area contributed by atoms with Gasteiger partial charge in [-0.15, -0.1) is 0 Å². The average Bonchev–Trinajstić information content (AvgIpc) is 2.21. The molecule has 1 aliphatic carbocycles. The van der Waals surface area contributed by atoms with Gasteiger partial charge in [0.15, 0.2) is 5.54 Å². The van der Waals surface area contributed by atoms with Gasteiger partial charge in [0, 0.05) is 19.4 Å². The van der Waals surface area contributed by atoms with Crippen LogP contribution in [0.1, 0.15) is 32.6 Å². The Bertz CT molecular complexity index is 198. The third-order valence-electron chi connectivity index (χ3n) is 2.91. The lowest BCUT2D eigenvalue weighted by Crippen LogP contribution is -2.78. The highest BCUT2D eigenvalue weighted by atomic mass is 16.5. The van der Waals surface area contributed by atoms with E-state index in [-0.39, 0.29) is 5.97 Å². The molecule has 0 radical (unpaired) electrons. The molecule has 0 bridgehead atoms. The Morgan fingerprint density at radius 1 is 1.50 bits per heavy atom. The number of rotatable bonds is 3. The lowest BCUT2D eigenvalue weighted by molar-refractivity contribution is -0.470. The normalized spacial score (nSPS) is 32.6. The second-order valence-electron chi connectivity index (χ2n) is 3.93. The molecule has 0 aromatic carbocycles. The van der Waals surface area contributed by atoms with E-state index in [9.17, 15) is 4.79 Å². The number of quaternary nitrogens is 1. The molecule has 0 aromatic rings. The van der Waals surface area contributed by atoms with Crippen LogP contribution in [0.15, 0.2) is 0 Å². The van der Waals surface area contributed by atoms with Crippen LogP contribution in [-0.2, 0) is 14.3 Å². The van der Waals surface area contributed by atoms with E-state index in [0.717, 1.165) is 32.3 Å². The minimum absolute atomic E-state index is 0.188. The number of carbonyl (C=O) groups is 1. The number of carbonyl (C=O) groups excluding carboxylic acids is 1. The van der Waals surface area contributed by atoms with E-state index in [2.05, 4.69) is 5.73 Å². The standard InChI is InChI=1S/C10H19NO3/c1-3-14-8-4-6-10(11,7-5-8)9(12)13-2/h8H,3-7,11H2,1-2H3/p+1. The van der Waals surface area contributed by atoms with Gasteiger partial charge in [-0.3, -0.25) is 0 Å². The van der Waals surface area contributed by atoms with Crippen LogP contribution in [0.4, 0.5) is 0 Å². The highest BCUT2D eigenvalue weighted by molar-refractivity contribution is 5.78. The first-order valence-corrected chi connectivity index (χ1v) is 5.18. The van der Waals surface area contributed by atoms with Crippen molar-refractivity contribution >= 4 is 5.97 Å². The number of methoxy groups -OCH3 is 1. The number of ether oxygens (including phenoxy) is 2. The van der Waals surface area contributed by atoms with Crippen molar-refractivity contribution in [2.45, 2.75) is 44.2 Å². The molecular formula is C10H20NO3+. The molecule has 4 nitrogen and oxygen atoms in total. The number of hydrogen-bond donors (Lipinski definition) is 1. The predicted octanol–water partition coefficient (Wildman–Crippen LogP) is 0.119. The van der Waals surface area contributed by atoms with Crippen molar-refractivity contribution in [3.8, 4) is 0 Å². The molecule has 0 atom stereocenters. The summed E-state index contributed by atoms with van der Waals surface area (Å²) in [6, 6.07) is 0. The first kappa shape index (κ1) is 11.5. The summed E-state index contributed by atoms with van der Waals surface area (Å²) in [5, 5.41) is 0. The first-order valence-electron chi connectivity index (χ1n) is 5.18. The maximum absolute atomic E-state index is 11.4. The highest BCUT2D eigenvalue weighted by Gasteiger charge is 2.43. The van der Waals surface area contributed by atoms with E-state index in [4.69, 9.17) is 9.47 Å². The van der Waals surface area contributed by atoms with Gasteiger partial charge in [0.1, 0.15) is 0 Å². The van der Waals surface area contributed by atoms with E-state index in [1.807, 2.05) is 6.92 Å². The van der Waals surface area contributed by atoms with E-state index < -0.39 is 5.54 Å². The Labute approximate surface area is 84.7 Å². The summed E-state index contributed by atoms with van der Waals surface area (Å²) in [5.74, 6) is -0.188. The third-order valence-corrected chi connectivity index (χ3v) is 2.91. The van der Waals surface area contributed by atoms with Gasteiger partial charge in [0.2, 0.25) is 0 Å². The molecule has 0 heterocycles. The van der Waals surface area contributed by atoms with Crippen molar-refractivity contribution in [1.29, 1.82) is 0 Å². The van der Waals surface area contributed by atoms with E-state index >= 15 is 0 Å². The maximum Gasteiger partial charge on any atom is 0.367 e. The summed E-state index contributed by atoms with van der Waals surface area (Å²) in [5.41, 5.74) is 3.44. The molecule has 0 spiro atoms. The summed E-state index contributed by atoms with van der Waals surface area (Å²) in [7, 11) is 1.42. The van der Waals surface area contributed by atoms with Gasteiger partial charge in [-0.25, -0.2) is 4.79 Å². The lowest BCUT2D eigenvalue weighted by Gasteiger charge is -2.31. The monoisotopic (exact) mass is 202 g/mol. The summed E-state index contributed by atoms with van der Waals surface area (Å²) in [6.07, 6.45) is 3.66. The van der Waals surface area contributed by atoms with Crippen molar-refractivity contribution in [3.63, 3.8) is 0 Å². The van der Waals surface area contributed by atoms with Crippen molar-refractivity contribution in [2.24, 2.45) is 0 Å². The van der Waals surface area contributed by atoms with Crippen LogP contribution in [0.3, 0.4) is 0 Å². The summed E-state index contributed by atoms with van der Waals surface area (Å²) in [4.78, 5) is 11.4. The van der Waals surface area contributed by atoms with Crippen molar-refractivity contribution in [3.05, 3.63) is 0 Å². The molecule has 0 unspecified atom stereocenters. The Kier molecular flexibility index (Phi) is 3.89. The Morgan fingerprint density at radius 2 is 2.07 bits per heavy atom. The van der Waals surface area contributed by atoms with Crippen molar-refractivity contribution in [1.82, 2.24) is 0 Å². The van der Waals surface area contributed by atoms with Gasteiger partial charge >= 0.3 is 5.97 Å². The molecule has 82 valence electrons. The summed E-state index contributed by atoms with van der Waals surface area (Å²) >= 11 is 0. The van der Waals surface area contributed by atoms with Crippen LogP contribution in [0, 0.1) is 0 Å². The van der Waals surface area contributed by atoms with Crippen LogP contribution in [-0.4, -0.2) is 31.3 Å². The molecule has 0 aromatic heterocycles. The predicted molar refractivity (Wildman–Crippen MR) is 51.5 cm³/mol. The summed E-state index contributed by atoms with van der Waals surface area (Å²) in [6.45, 7) is 2.74. The van der Waals surface area contributed by atoms with Crippen molar-refractivity contribution in [2.75, 3.05) is 13.7 Å². The second-order valence-corrected chi connectivity index (χ2v) is 3.93. The minimum Gasteiger partial charge on any atom is -0.464 e. The molecule has 0 saturated heterocycles. The average molecular weight is 202 g/mol. The van der Waals surface area contributed by atoms with Gasteiger partial charge in [0.05, 0.1) is 13.2 Å².